The summed E-state index contributed by atoms with van der Waals surface area (Å²) in [6.45, 7) is 8.30. The van der Waals surface area contributed by atoms with Gasteiger partial charge in [0.1, 0.15) is 0 Å². The van der Waals surface area contributed by atoms with Gasteiger partial charge in [-0.2, -0.15) is 0 Å². The highest BCUT2D eigenvalue weighted by atomic mass is 16.5. The maximum Gasteiger partial charge on any atom is 0.0874 e. The first-order valence-corrected chi connectivity index (χ1v) is 3.37. The lowest BCUT2D eigenvalue weighted by molar-refractivity contribution is 0.206. The topological polar surface area (TPSA) is 18.5 Å². The van der Waals surface area contributed by atoms with Crippen LogP contribution in [0.2, 0.25) is 0 Å². The minimum Gasteiger partial charge on any atom is -0.502 e. The summed E-state index contributed by atoms with van der Waals surface area (Å²) in [7, 11) is 0. The Morgan fingerprint density at radius 3 is 1.60 bits per heavy atom. The predicted molar refractivity (Wildman–Crippen MR) is 41.5 cm³/mol. The molecule has 0 aliphatic rings. The number of hydrogen-bond donors (Lipinski definition) is 0. The van der Waals surface area contributed by atoms with Crippen LogP contribution in [0, 0.1) is 0 Å². The lowest BCUT2D eigenvalue weighted by Crippen LogP contribution is -1.91. The Balaban J connectivity index is 2.76. The van der Waals surface area contributed by atoms with Gasteiger partial charge in [0, 0.05) is 0 Å². The smallest absolute Gasteiger partial charge is 0.0874 e. The van der Waals surface area contributed by atoms with Gasteiger partial charge < -0.3 is 9.47 Å². The third-order valence-electron chi connectivity index (χ3n) is 1.01. The van der Waals surface area contributed by atoms with Crippen LogP contribution in [0.15, 0.2) is 25.7 Å². The summed E-state index contributed by atoms with van der Waals surface area (Å²) in [4.78, 5) is 0. The largest absolute Gasteiger partial charge is 0.502 e. The maximum atomic E-state index is 4.90. The van der Waals surface area contributed by atoms with Gasteiger partial charge in [-0.1, -0.05) is 13.2 Å². The average molecular weight is 142 g/mol. The van der Waals surface area contributed by atoms with E-state index in [9.17, 15) is 0 Å². The van der Waals surface area contributed by atoms with Crippen molar-refractivity contribution in [2.24, 2.45) is 0 Å². The molecule has 0 saturated heterocycles. The minimum absolute atomic E-state index is 0.726. The van der Waals surface area contributed by atoms with Gasteiger partial charge in [0.05, 0.1) is 25.7 Å². The minimum atomic E-state index is 0.726. The van der Waals surface area contributed by atoms with Gasteiger partial charge in [0.15, 0.2) is 0 Å². The highest BCUT2D eigenvalue weighted by Crippen LogP contribution is 1.90. The highest BCUT2D eigenvalue weighted by Gasteiger charge is 1.85. The van der Waals surface area contributed by atoms with E-state index in [0.717, 1.165) is 26.1 Å². The van der Waals surface area contributed by atoms with Gasteiger partial charge >= 0.3 is 0 Å². The lowest BCUT2D eigenvalue weighted by Gasteiger charge is -1.99. The second-order valence-electron chi connectivity index (χ2n) is 1.78. The molecule has 2 nitrogen and oxygen atoms in total. The van der Waals surface area contributed by atoms with Gasteiger partial charge in [0.2, 0.25) is 0 Å². The van der Waals surface area contributed by atoms with Crippen LogP contribution in [-0.4, -0.2) is 13.2 Å². The van der Waals surface area contributed by atoms with Crippen molar-refractivity contribution in [2.45, 2.75) is 12.8 Å². The van der Waals surface area contributed by atoms with Crippen molar-refractivity contribution in [3.8, 4) is 0 Å². The molecule has 0 heterocycles. The van der Waals surface area contributed by atoms with E-state index < -0.39 is 0 Å². The molecule has 0 aliphatic carbocycles. The summed E-state index contributed by atoms with van der Waals surface area (Å²) in [6.07, 6.45) is 4.91. The summed E-state index contributed by atoms with van der Waals surface area (Å²) in [6, 6.07) is 0. The summed E-state index contributed by atoms with van der Waals surface area (Å²) < 4.78 is 9.79. The van der Waals surface area contributed by atoms with Gasteiger partial charge in [-0.05, 0) is 12.8 Å². The molecule has 0 atom stereocenters. The van der Waals surface area contributed by atoms with Gasteiger partial charge in [-0.15, -0.1) is 0 Å². The zero-order chi connectivity index (χ0) is 7.66. The van der Waals surface area contributed by atoms with E-state index in [1.807, 2.05) is 0 Å². The highest BCUT2D eigenvalue weighted by molar-refractivity contribution is 4.51. The van der Waals surface area contributed by atoms with Gasteiger partial charge in [-0.25, -0.2) is 0 Å². The van der Waals surface area contributed by atoms with Crippen molar-refractivity contribution in [1.82, 2.24) is 0 Å². The number of unbranched alkanes of at least 4 members (excludes halogenated alkanes) is 1. The van der Waals surface area contributed by atoms with Crippen molar-refractivity contribution < 1.29 is 9.47 Å². The van der Waals surface area contributed by atoms with Crippen LogP contribution in [0.3, 0.4) is 0 Å². The standard InChI is InChI=1S/C8H14O2/c1-3-9-7-5-6-8-10-4-2/h3-4H,1-2,5-8H2. The monoisotopic (exact) mass is 142 g/mol. The van der Waals surface area contributed by atoms with Gasteiger partial charge in [0.25, 0.3) is 0 Å². The summed E-state index contributed by atoms with van der Waals surface area (Å²) >= 11 is 0. The van der Waals surface area contributed by atoms with E-state index in [4.69, 9.17) is 9.47 Å². The Morgan fingerprint density at radius 2 is 1.30 bits per heavy atom. The van der Waals surface area contributed by atoms with Crippen LogP contribution < -0.4 is 0 Å². The van der Waals surface area contributed by atoms with Crippen LogP contribution in [-0.2, 0) is 9.47 Å². The van der Waals surface area contributed by atoms with Crippen LogP contribution in [0.1, 0.15) is 12.8 Å². The van der Waals surface area contributed by atoms with E-state index in [-0.39, 0.29) is 0 Å². The van der Waals surface area contributed by atoms with E-state index >= 15 is 0 Å². The van der Waals surface area contributed by atoms with Crippen LogP contribution in [0.4, 0.5) is 0 Å². The predicted octanol–water partition coefficient (Wildman–Crippen LogP) is 2.09. The second kappa shape index (κ2) is 8.08. The molecular formula is C8H14O2. The second-order valence-corrected chi connectivity index (χ2v) is 1.78. The summed E-state index contributed by atoms with van der Waals surface area (Å²) in [5, 5.41) is 0. The van der Waals surface area contributed by atoms with Crippen molar-refractivity contribution in [2.75, 3.05) is 13.2 Å². The molecule has 10 heavy (non-hydrogen) atoms. The zero-order valence-corrected chi connectivity index (χ0v) is 6.21. The molecule has 58 valence electrons. The molecule has 0 amide bonds. The number of ether oxygens (including phenoxy) is 2. The molecule has 0 spiro atoms. The normalized spacial score (nSPS) is 8.40. The maximum absolute atomic E-state index is 4.90. The zero-order valence-electron chi connectivity index (χ0n) is 6.21. The molecule has 0 unspecified atom stereocenters. The SMILES string of the molecule is C=COCCCCOC=C. The van der Waals surface area contributed by atoms with Crippen LogP contribution >= 0.6 is 0 Å². The Labute approximate surface area is 62.1 Å². The third-order valence-corrected chi connectivity index (χ3v) is 1.01. The van der Waals surface area contributed by atoms with E-state index in [2.05, 4.69) is 13.2 Å². The molecule has 0 rings (SSSR count). The Kier molecular flexibility index (Phi) is 7.34. The fourth-order valence-electron chi connectivity index (χ4n) is 0.537. The van der Waals surface area contributed by atoms with E-state index in [1.165, 1.54) is 12.5 Å². The molecule has 0 N–H and O–H groups in total. The summed E-state index contributed by atoms with van der Waals surface area (Å²) in [5.41, 5.74) is 0. The lowest BCUT2D eigenvalue weighted by atomic mass is 10.3. The van der Waals surface area contributed by atoms with Crippen molar-refractivity contribution in [3.63, 3.8) is 0 Å². The first-order valence-electron chi connectivity index (χ1n) is 3.37. The third kappa shape index (κ3) is 7.08. The fraction of sp³-hybridized carbons (Fsp3) is 0.500. The molecule has 2 heteroatoms. The molecule has 0 radical (unpaired) electrons. The Hall–Kier alpha value is -0.920. The molecule has 0 saturated carbocycles. The number of hydrogen-bond acceptors (Lipinski definition) is 2. The van der Waals surface area contributed by atoms with Crippen molar-refractivity contribution in [1.29, 1.82) is 0 Å². The molecule has 0 fully saturated rings. The van der Waals surface area contributed by atoms with Crippen molar-refractivity contribution in [3.05, 3.63) is 25.7 Å². The molecule has 0 aromatic rings. The quantitative estimate of drug-likeness (QED) is 0.400. The average Bonchev–Trinajstić information content (AvgIpc) is 1.97. The Bertz CT molecular complexity index is 77.3. The fourth-order valence-corrected chi connectivity index (χ4v) is 0.537. The molecule has 0 aromatic heterocycles. The molecule has 0 aromatic carbocycles. The summed E-state index contributed by atoms with van der Waals surface area (Å²) in [5.74, 6) is 0. The molecule has 0 aliphatic heterocycles. The molecular weight excluding hydrogens is 128 g/mol. The van der Waals surface area contributed by atoms with Crippen molar-refractivity contribution >= 4 is 0 Å². The number of rotatable bonds is 7. The first-order chi connectivity index (χ1) is 4.91. The Morgan fingerprint density at radius 1 is 0.900 bits per heavy atom. The van der Waals surface area contributed by atoms with Gasteiger partial charge in [-0.3, -0.25) is 0 Å². The van der Waals surface area contributed by atoms with E-state index in [1.54, 1.807) is 0 Å². The van der Waals surface area contributed by atoms with E-state index in [0.29, 0.717) is 0 Å². The van der Waals surface area contributed by atoms with Crippen LogP contribution in [0.5, 0.6) is 0 Å². The first kappa shape index (κ1) is 9.08. The molecule has 0 bridgehead atoms. The van der Waals surface area contributed by atoms with Crippen LogP contribution in [0.25, 0.3) is 0 Å².